The highest BCUT2D eigenvalue weighted by Gasteiger charge is 2.28. The summed E-state index contributed by atoms with van der Waals surface area (Å²) in [6, 6.07) is 15.2. The molecule has 112 valence electrons. The normalized spacial score (nSPS) is 13.7. The topological polar surface area (TPSA) is 38.7 Å². The van der Waals surface area contributed by atoms with Gasteiger partial charge in [-0.25, -0.2) is 0 Å². The molecule has 0 aliphatic rings. The van der Waals surface area contributed by atoms with E-state index >= 15 is 0 Å². The lowest BCUT2D eigenvalue weighted by molar-refractivity contribution is 0.0943. The van der Waals surface area contributed by atoms with Gasteiger partial charge in [-0.15, -0.1) is 0 Å². The Morgan fingerprint density at radius 1 is 1.05 bits per heavy atom. The van der Waals surface area contributed by atoms with E-state index in [1.807, 2.05) is 48.5 Å². The van der Waals surface area contributed by atoms with Crippen molar-refractivity contribution >= 4 is 15.9 Å². The van der Waals surface area contributed by atoms with Crippen molar-refractivity contribution in [1.82, 2.24) is 0 Å². The lowest BCUT2D eigenvalue weighted by Crippen LogP contribution is -2.24. The number of hydrogen-bond donors (Lipinski definition) is 1. The Hall–Kier alpha value is -1.36. The molecule has 0 saturated carbocycles. The van der Waals surface area contributed by atoms with E-state index in [0.29, 0.717) is 19.0 Å². The zero-order valence-electron chi connectivity index (χ0n) is 12.2. The number of halogens is 1. The molecule has 0 radical (unpaired) electrons. The second-order valence-electron chi connectivity index (χ2n) is 4.92. The predicted octanol–water partition coefficient (Wildman–Crippen LogP) is 3.73. The quantitative estimate of drug-likeness (QED) is 0.806. The average Bonchev–Trinajstić information content (AvgIpc) is 2.48. The Kier molecular flexibility index (Phi) is 5.39. The molecule has 1 atom stereocenters. The summed E-state index contributed by atoms with van der Waals surface area (Å²) in [4.78, 5) is 0. The summed E-state index contributed by atoms with van der Waals surface area (Å²) in [7, 11) is 1.63. The Labute approximate surface area is 133 Å². The van der Waals surface area contributed by atoms with Crippen LogP contribution in [0.1, 0.15) is 18.1 Å². The molecule has 0 fully saturated rings. The van der Waals surface area contributed by atoms with Gasteiger partial charge in [0.05, 0.1) is 6.61 Å². The van der Waals surface area contributed by atoms with Crippen molar-refractivity contribution in [3.8, 4) is 5.75 Å². The Morgan fingerprint density at radius 2 is 1.71 bits per heavy atom. The summed E-state index contributed by atoms with van der Waals surface area (Å²) in [6.45, 7) is 2.73. The molecule has 0 bridgehead atoms. The molecule has 1 unspecified atom stereocenters. The molecule has 0 amide bonds. The zero-order chi connectivity index (χ0) is 15.3. The van der Waals surface area contributed by atoms with E-state index in [0.717, 1.165) is 15.6 Å². The van der Waals surface area contributed by atoms with Gasteiger partial charge in [0.2, 0.25) is 0 Å². The highest BCUT2D eigenvalue weighted by atomic mass is 79.9. The minimum Gasteiger partial charge on any atom is -0.491 e. The van der Waals surface area contributed by atoms with Crippen molar-refractivity contribution < 1.29 is 14.6 Å². The Balaban J connectivity index is 2.32. The zero-order valence-corrected chi connectivity index (χ0v) is 13.8. The van der Waals surface area contributed by atoms with E-state index < -0.39 is 5.60 Å². The second-order valence-corrected chi connectivity index (χ2v) is 5.83. The van der Waals surface area contributed by atoms with Crippen molar-refractivity contribution in [2.75, 3.05) is 20.3 Å². The van der Waals surface area contributed by atoms with Gasteiger partial charge < -0.3 is 14.6 Å². The molecule has 2 aromatic rings. The van der Waals surface area contributed by atoms with Crippen LogP contribution in [-0.4, -0.2) is 25.4 Å². The fourth-order valence-corrected chi connectivity index (χ4v) is 2.42. The van der Waals surface area contributed by atoms with E-state index in [-0.39, 0.29) is 0 Å². The van der Waals surface area contributed by atoms with Crippen LogP contribution < -0.4 is 4.74 Å². The molecule has 0 aliphatic heterocycles. The van der Waals surface area contributed by atoms with E-state index in [4.69, 9.17) is 9.47 Å². The fourth-order valence-electron chi connectivity index (χ4n) is 2.16. The molecular formula is C17H19BrO3. The molecule has 4 heteroatoms. The van der Waals surface area contributed by atoms with E-state index in [1.165, 1.54) is 0 Å². The number of benzene rings is 2. The van der Waals surface area contributed by atoms with Crippen molar-refractivity contribution in [3.05, 3.63) is 64.1 Å². The summed E-state index contributed by atoms with van der Waals surface area (Å²) in [5.41, 5.74) is 0.432. The molecule has 0 spiro atoms. The Bertz CT molecular complexity index is 579. The number of para-hydroxylation sites is 1. The van der Waals surface area contributed by atoms with Gasteiger partial charge in [-0.2, -0.15) is 0 Å². The summed E-state index contributed by atoms with van der Waals surface area (Å²) in [6.07, 6.45) is 0. The minimum atomic E-state index is -1.12. The van der Waals surface area contributed by atoms with Gasteiger partial charge in [0.1, 0.15) is 18.0 Å². The number of aliphatic hydroxyl groups is 1. The third kappa shape index (κ3) is 3.84. The minimum absolute atomic E-state index is 0.448. The standard InChI is InChI=1S/C17H19BrO3/c1-17(19,13-7-9-14(18)10-8-13)15-5-3-4-6-16(15)21-12-11-20-2/h3-10,19H,11-12H2,1-2H3. The van der Waals surface area contributed by atoms with Gasteiger partial charge in [-0.05, 0) is 30.7 Å². The lowest BCUT2D eigenvalue weighted by Gasteiger charge is -2.27. The molecule has 0 aromatic heterocycles. The van der Waals surface area contributed by atoms with Crippen LogP contribution >= 0.6 is 15.9 Å². The number of hydrogen-bond acceptors (Lipinski definition) is 3. The molecular weight excluding hydrogens is 332 g/mol. The summed E-state index contributed by atoms with van der Waals surface area (Å²) < 4.78 is 11.7. The molecule has 2 aromatic carbocycles. The van der Waals surface area contributed by atoms with Gasteiger partial charge in [-0.3, -0.25) is 0 Å². The SMILES string of the molecule is COCCOc1ccccc1C(C)(O)c1ccc(Br)cc1. The van der Waals surface area contributed by atoms with Gasteiger partial charge in [0, 0.05) is 17.1 Å². The number of rotatable bonds is 6. The van der Waals surface area contributed by atoms with Gasteiger partial charge in [0.25, 0.3) is 0 Å². The van der Waals surface area contributed by atoms with Gasteiger partial charge >= 0.3 is 0 Å². The van der Waals surface area contributed by atoms with Crippen LogP contribution in [0.15, 0.2) is 53.0 Å². The monoisotopic (exact) mass is 350 g/mol. The number of ether oxygens (including phenoxy) is 2. The molecule has 21 heavy (non-hydrogen) atoms. The molecule has 2 rings (SSSR count). The fraction of sp³-hybridized carbons (Fsp3) is 0.294. The van der Waals surface area contributed by atoms with Crippen LogP contribution in [0, 0.1) is 0 Å². The second kappa shape index (κ2) is 7.07. The molecule has 0 aliphatic carbocycles. The first-order valence-corrected chi connectivity index (χ1v) is 7.54. The molecule has 3 nitrogen and oxygen atoms in total. The van der Waals surface area contributed by atoms with Crippen LogP contribution in [0.5, 0.6) is 5.75 Å². The van der Waals surface area contributed by atoms with Crippen LogP contribution in [0.3, 0.4) is 0 Å². The molecule has 0 saturated heterocycles. The van der Waals surface area contributed by atoms with Crippen LogP contribution in [0.2, 0.25) is 0 Å². The van der Waals surface area contributed by atoms with Gasteiger partial charge in [-0.1, -0.05) is 46.3 Å². The van der Waals surface area contributed by atoms with Crippen LogP contribution in [0.25, 0.3) is 0 Å². The van der Waals surface area contributed by atoms with Crippen molar-refractivity contribution in [2.24, 2.45) is 0 Å². The first-order chi connectivity index (χ1) is 10.1. The third-order valence-corrected chi connectivity index (χ3v) is 3.89. The predicted molar refractivity (Wildman–Crippen MR) is 86.6 cm³/mol. The summed E-state index contributed by atoms with van der Waals surface area (Å²) in [5.74, 6) is 0.669. The smallest absolute Gasteiger partial charge is 0.125 e. The van der Waals surface area contributed by atoms with Gasteiger partial charge in [0.15, 0.2) is 0 Å². The third-order valence-electron chi connectivity index (χ3n) is 3.36. The van der Waals surface area contributed by atoms with Crippen LogP contribution in [0.4, 0.5) is 0 Å². The van der Waals surface area contributed by atoms with Crippen molar-refractivity contribution in [3.63, 3.8) is 0 Å². The first kappa shape index (κ1) is 16.0. The molecule has 1 N–H and O–H groups in total. The number of methoxy groups -OCH3 is 1. The highest BCUT2D eigenvalue weighted by Crippen LogP contribution is 2.35. The van der Waals surface area contributed by atoms with Crippen molar-refractivity contribution in [1.29, 1.82) is 0 Å². The highest BCUT2D eigenvalue weighted by molar-refractivity contribution is 9.10. The average molecular weight is 351 g/mol. The van der Waals surface area contributed by atoms with E-state index in [2.05, 4.69) is 15.9 Å². The maximum atomic E-state index is 11.0. The maximum Gasteiger partial charge on any atom is 0.125 e. The summed E-state index contributed by atoms with van der Waals surface area (Å²) >= 11 is 3.40. The summed E-state index contributed by atoms with van der Waals surface area (Å²) in [5, 5.41) is 11.0. The van der Waals surface area contributed by atoms with Crippen LogP contribution in [-0.2, 0) is 10.3 Å². The van der Waals surface area contributed by atoms with E-state index in [9.17, 15) is 5.11 Å². The van der Waals surface area contributed by atoms with Crippen molar-refractivity contribution in [2.45, 2.75) is 12.5 Å². The molecule has 0 heterocycles. The lowest BCUT2D eigenvalue weighted by atomic mass is 9.87. The van der Waals surface area contributed by atoms with E-state index in [1.54, 1.807) is 14.0 Å². The first-order valence-electron chi connectivity index (χ1n) is 6.75. The Morgan fingerprint density at radius 3 is 2.38 bits per heavy atom. The largest absolute Gasteiger partial charge is 0.491 e. The maximum absolute atomic E-state index is 11.0.